The van der Waals surface area contributed by atoms with Gasteiger partial charge in [-0.05, 0) is 66.6 Å². The molecule has 0 atom stereocenters. The van der Waals surface area contributed by atoms with Crippen LogP contribution >= 0.6 is 23.2 Å². The Kier molecular flexibility index (Phi) is 8.61. The van der Waals surface area contributed by atoms with Crippen LogP contribution in [0.3, 0.4) is 0 Å². The highest BCUT2D eigenvalue weighted by atomic mass is 35.5. The number of ether oxygens (including phenoxy) is 1. The molecular formula is C24H20Cl2N4O4. The Morgan fingerprint density at radius 1 is 0.941 bits per heavy atom. The number of amides is 3. The van der Waals surface area contributed by atoms with Crippen molar-refractivity contribution in [3.05, 3.63) is 87.9 Å². The molecule has 0 heterocycles. The number of nitrogens with one attached hydrogen (secondary N) is 3. The third-order valence-corrected chi connectivity index (χ3v) is 5.16. The van der Waals surface area contributed by atoms with Crippen LogP contribution in [0.4, 0.5) is 11.4 Å². The van der Waals surface area contributed by atoms with E-state index in [-0.39, 0.29) is 28.2 Å². The normalized spacial score (nSPS) is 10.6. The predicted octanol–water partition coefficient (Wildman–Crippen LogP) is 4.41. The molecule has 0 saturated heterocycles. The molecule has 10 heteroatoms. The molecule has 3 aromatic rings. The van der Waals surface area contributed by atoms with Crippen molar-refractivity contribution in [2.24, 2.45) is 5.10 Å². The summed E-state index contributed by atoms with van der Waals surface area (Å²) < 4.78 is 5.47. The summed E-state index contributed by atoms with van der Waals surface area (Å²) in [4.78, 5) is 35.9. The monoisotopic (exact) mass is 498 g/mol. The summed E-state index contributed by atoms with van der Waals surface area (Å²) in [5.41, 5.74) is 4.71. The van der Waals surface area contributed by atoms with Crippen molar-refractivity contribution >= 4 is 58.5 Å². The van der Waals surface area contributed by atoms with Crippen LogP contribution in [0.2, 0.25) is 10.0 Å². The Balaban J connectivity index is 1.45. The first kappa shape index (κ1) is 24.8. The molecule has 3 aromatic carbocycles. The third kappa shape index (κ3) is 7.33. The number of anilines is 2. The fraction of sp³-hybridized carbons (Fsp3) is 0.0833. The molecule has 0 fully saturated rings. The highest BCUT2D eigenvalue weighted by molar-refractivity contribution is 6.45. The standard InChI is InChI=1S/C24H20Cl2N4O4/c1-15-4-2-5-17(12-15)28-21(31)14-34-18-10-8-16(9-11-18)13-27-30-24(33)23(32)29-20-7-3-6-19(25)22(20)26/h2-13H,14H2,1H3,(H,28,31)(H,29,32)(H,30,33)/b27-13-. The van der Waals surface area contributed by atoms with Gasteiger partial charge in [0.25, 0.3) is 5.91 Å². The average molecular weight is 499 g/mol. The highest BCUT2D eigenvalue weighted by Gasteiger charge is 2.15. The van der Waals surface area contributed by atoms with Gasteiger partial charge in [-0.2, -0.15) is 5.10 Å². The van der Waals surface area contributed by atoms with Crippen LogP contribution in [0, 0.1) is 6.92 Å². The van der Waals surface area contributed by atoms with Gasteiger partial charge in [-0.1, -0.05) is 41.4 Å². The van der Waals surface area contributed by atoms with Gasteiger partial charge in [0, 0.05) is 5.69 Å². The maximum atomic E-state index is 12.0. The van der Waals surface area contributed by atoms with Crippen LogP contribution in [0.15, 0.2) is 71.8 Å². The van der Waals surface area contributed by atoms with Gasteiger partial charge in [0.1, 0.15) is 5.75 Å². The number of rotatable bonds is 7. The van der Waals surface area contributed by atoms with Crippen LogP contribution in [-0.2, 0) is 14.4 Å². The Hall–Kier alpha value is -3.88. The zero-order chi connectivity index (χ0) is 24.5. The largest absolute Gasteiger partial charge is 0.484 e. The predicted molar refractivity (Wildman–Crippen MR) is 133 cm³/mol. The van der Waals surface area contributed by atoms with Crippen molar-refractivity contribution in [2.75, 3.05) is 17.2 Å². The van der Waals surface area contributed by atoms with Crippen molar-refractivity contribution in [3.63, 3.8) is 0 Å². The molecule has 0 saturated carbocycles. The van der Waals surface area contributed by atoms with Gasteiger partial charge in [-0.25, -0.2) is 5.43 Å². The lowest BCUT2D eigenvalue weighted by Crippen LogP contribution is -2.32. The molecule has 3 N–H and O–H groups in total. The van der Waals surface area contributed by atoms with Crippen molar-refractivity contribution in [3.8, 4) is 5.75 Å². The number of nitrogens with zero attached hydrogens (tertiary/aromatic N) is 1. The summed E-state index contributed by atoms with van der Waals surface area (Å²) >= 11 is 11.9. The van der Waals surface area contributed by atoms with Gasteiger partial charge >= 0.3 is 11.8 Å². The van der Waals surface area contributed by atoms with E-state index in [4.69, 9.17) is 27.9 Å². The van der Waals surface area contributed by atoms with E-state index in [1.165, 1.54) is 12.3 Å². The van der Waals surface area contributed by atoms with Crippen molar-refractivity contribution < 1.29 is 19.1 Å². The first-order valence-electron chi connectivity index (χ1n) is 9.99. The lowest BCUT2D eigenvalue weighted by molar-refractivity contribution is -0.136. The second-order valence-electron chi connectivity index (χ2n) is 7.03. The molecule has 8 nitrogen and oxygen atoms in total. The zero-order valence-corrected chi connectivity index (χ0v) is 19.5. The van der Waals surface area contributed by atoms with E-state index in [0.717, 1.165) is 5.56 Å². The van der Waals surface area contributed by atoms with Crippen molar-refractivity contribution in [1.82, 2.24) is 5.43 Å². The first-order chi connectivity index (χ1) is 16.3. The molecule has 0 bridgehead atoms. The van der Waals surface area contributed by atoms with Crippen molar-refractivity contribution in [1.29, 1.82) is 0 Å². The molecule has 0 aromatic heterocycles. The maximum Gasteiger partial charge on any atom is 0.329 e. The van der Waals surface area contributed by atoms with Gasteiger partial charge in [0.15, 0.2) is 6.61 Å². The number of hydrogen-bond acceptors (Lipinski definition) is 5. The molecule has 34 heavy (non-hydrogen) atoms. The Morgan fingerprint density at radius 3 is 2.41 bits per heavy atom. The lowest BCUT2D eigenvalue weighted by atomic mass is 10.2. The van der Waals surface area contributed by atoms with E-state index in [1.54, 1.807) is 42.5 Å². The van der Waals surface area contributed by atoms with Crippen LogP contribution in [0.5, 0.6) is 5.75 Å². The smallest absolute Gasteiger partial charge is 0.329 e. The van der Waals surface area contributed by atoms with Gasteiger partial charge in [-0.15, -0.1) is 0 Å². The van der Waals surface area contributed by atoms with E-state index >= 15 is 0 Å². The summed E-state index contributed by atoms with van der Waals surface area (Å²) in [5, 5.41) is 9.25. The van der Waals surface area contributed by atoms with Crippen LogP contribution in [-0.4, -0.2) is 30.5 Å². The van der Waals surface area contributed by atoms with Gasteiger partial charge in [0.2, 0.25) is 0 Å². The van der Waals surface area contributed by atoms with E-state index < -0.39 is 11.8 Å². The molecule has 3 rings (SSSR count). The van der Waals surface area contributed by atoms with E-state index in [2.05, 4.69) is 21.2 Å². The molecule has 174 valence electrons. The minimum absolute atomic E-state index is 0.128. The number of hydrogen-bond donors (Lipinski definition) is 3. The molecule has 0 spiro atoms. The number of hydrazone groups is 1. The quantitative estimate of drug-likeness (QED) is 0.254. The summed E-state index contributed by atoms with van der Waals surface area (Å²) in [6.45, 7) is 1.79. The summed E-state index contributed by atoms with van der Waals surface area (Å²) in [5.74, 6) is -1.73. The number of aryl methyl sites for hydroxylation is 1. The van der Waals surface area contributed by atoms with E-state index in [0.29, 0.717) is 17.0 Å². The SMILES string of the molecule is Cc1cccc(NC(=O)COc2ccc(/C=N\NC(=O)C(=O)Nc3cccc(Cl)c3Cl)cc2)c1. The fourth-order valence-electron chi connectivity index (χ4n) is 2.71. The number of benzene rings is 3. The fourth-order valence-corrected chi connectivity index (χ4v) is 3.06. The Morgan fingerprint density at radius 2 is 1.68 bits per heavy atom. The summed E-state index contributed by atoms with van der Waals surface area (Å²) in [6.07, 6.45) is 1.35. The Labute approximate surface area is 205 Å². The number of halogens is 2. The van der Waals surface area contributed by atoms with E-state index in [9.17, 15) is 14.4 Å². The number of carbonyl (C=O) groups excluding carboxylic acids is 3. The van der Waals surface area contributed by atoms with E-state index in [1.807, 2.05) is 25.1 Å². The summed E-state index contributed by atoms with van der Waals surface area (Å²) in [7, 11) is 0. The molecule has 3 amide bonds. The second-order valence-corrected chi connectivity index (χ2v) is 7.82. The molecule has 0 aliphatic rings. The second kappa shape index (κ2) is 11.8. The van der Waals surface area contributed by atoms with Crippen molar-refractivity contribution in [2.45, 2.75) is 6.92 Å². The molecule has 0 aliphatic heterocycles. The minimum Gasteiger partial charge on any atom is -0.484 e. The van der Waals surface area contributed by atoms with Crippen LogP contribution < -0.4 is 20.8 Å². The average Bonchev–Trinajstić information content (AvgIpc) is 2.81. The van der Waals surface area contributed by atoms with Gasteiger partial charge in [0.05, 0.1) is 21.9 Å². The van der Waals surface area contributed by atoms with Gasteiger partial charge < -0.3 is 15.4 Å². The van der Waals surface area contributed by atoms with Gasteiger partial charge in [-0.3, -0.25) is 14.4 Å². The molecule has 0 radical (unpaired) electrons. The summed E-state index contributed by atoms with van der Waals surface area (Å²) in [6, 6.07) is 18.8. The zero-order valence-electron chi connectivity index (χ0n) is 18.0. The minimum atomic E-state index is -0.980. The number of carbonyl (C=O) groups is 3. The van der Waals surface area contributed by atoms with Crippen LogP contribution in [0.1, 0.15) is 11.1 Å². The third-order valence-electron chi connectivity index (χ3n) is 4.34. The maximum absolute atomic E-state index is 12.0. The molecule has 0 aliphatic carbocycles. The van der Waals surface area contributed by atoms with Crippen LogP contribution in [0.25, 0.3) is 0 Å². The Bertz CT molecular complexity index is 1230. The molecular weight excluding hydrogens is 479 g/mol. The topological polar surface area (TPSA) is 109 Å². The highest BCUT2D eigenvalue weighted by Crippen LogP contribution is 2.29. The lowest BCUT2D eigenvalue weighted by Gasteiger charge is -2.08. The first-order valence-corrected chi connectivity index (χ1v) is 10.7. The molecule has 0 unspecified atom stereocenters.